The molecule has 0 bridgehead atoms. The number of carbonyl (C=O) groups is 1. The summed E-state index contributed by atoms with van der Waals surface area (Å²) >= 11 is 1.57. The van der Waals surface area contributed by atoms with E-state index in [1.165, 1.54) is 16.7 Å². The van der Waals surface area contributed by atoms with E-state index in [9.17, 15) is 4.79 Å². The molecule has 0 atom stereocenters. The van der Waals surface area contributed by atoms with Crippen LogP contribution >= 0.6 is 11.8 Å². The summed E-state index contributed by atoms with van der Waals surface area (Å²) in [6.45, 7) is 7.21. The lowest BCUT2D eigenvalue weighted by Crippen LogP contribution is -2.23. The van der Waals surface area contributed by atoms with Crippen LogP contribution in [-0.2, 0) is 16.2 Å². The van der Waals surface area contributed by atoms with E-state index < -0.39 is 0 Å². The first-order chi connectivity index (χ1) is 16.0. The standard InChI is InChI=1S/C25H29N5O2S/c1-4-32-29-22(31)7-5-6-14-33-25-26-24-23(27-28-25)20-15-18(3)10-13-21(20)30(24)16-19-11-8-17(2)9-12-19/h8-13,15H,4-7,14,16H2,1-3H3,(H,29,31). The van der Waals surface area contributed by atoms with Gasteiger partial charge in [0.25, 0.3) is 0 Å². The summed E-state index contributed by atoms with van der Waals surface area (Å²) in [6, 6.07) is 15.0. The van der Waals surface area contributed by atoms with E-state index in [0.29, 0.717) is 18.2 Å². The zero-order chi connectivity index (χ0) is 23.2. The Balaban J connectivity index is 1.52. The molecule has 0 aliphatic heterocycles. The van der Waals surface area contributed by atoms with Crippen LogP contribution in [0.4, 0.5) is 0 Å². The highest BCUT2D eigenvalue weighted by Gasteiger charge is 2.16. The van der Waals surface area contributed by atoms with Gasteiger partial charge < -0.3 is 4.57 Å². The Bertz CT molecular complexity index is 1250. The monoisotopic (exact) mass is 463 g/mol. The molecular formula is C25H29N5O2S. The van der Waals surface area contributed by atoms with E-state index in [2.05, 4.69) is 76.6 Å². The zero-order valence-corrected chi connectivity index (χ0v) is 20.1. The van der Waals surface area contributed by atoms with Gasteiger partial charge in [0.1, 0.15) is 5.52 Å². The molecule has 4 rings (SSSR count). The minimum Gasteiger partial charge on any atom is -0.319 e. The summed E-state index contributed by atoms with van der Waals surface area (Å²) < 4.78 is 2.23. The van der Waals surface area contributed by atoms with Gasteiger partial charge in [-0.3, -0.25) is 9.63 Å². The minimum absolute atomic E-state index is 0.0860. The van der Waals surface area contributed by atoms with Crippen LogP contribution in [0, 0.1) is 13.8 Å². The molecule has 1 amide bonds. The topological polar surface area (TPSA) is 81.9 Å². The summed E-state index contributed by atoms with van der Waals surface area (Å²) in [6.07, 6.45) is 2.12. The summed E-state index contributed by atoms with van der Waals surface area (Å²) in [7, 11) is 0. The number of aryl methyl sites for hydroxylation is 2. The van der Waals surface area contributed by atoms with Gasteiger partial charge in [-0.2, -0.15) is 0 Å². The Labute approximate surface area is 197 Å². The maximum Gasteiger partial charge on any atom is 0.243 e. The summed E-state index contributed by atoms with van der Waals surface area (Å²) in [5, 5.41) is 10.7. The predicted octanol–water partition coefficient (Wildman–Crippen LogP) is 4.97. The first kappa shape index (κ1) is 23.2. The molecular weight excluding hydrogens is 434 g/mol. The van der Waals surface area contributed by atoms with Crippen LogP contribution in [0.1, 0.15) is 42.9 Å². The van der Waals surface area contributed by atoms with Crippen LogP contribution in [-0.4, -0.2) is 38.0 Å². The first-order valence-corrected chi connectivity index (χ1v) is 12.3. The number of amides is 1. The van der Waals surface area contributed by atoms with Crippen molar-refractivity contribution in [3.63, 3.8) is 0 Å². The van der Waals surface area contributed by atoms with Crippen LogP contribution < -0.4 is 5.48 Å². The lowest BCUT2D eigenvalue weighted by atomic mass is 10.1. The van der Waals surface area contributed by atoms with E-state index in [1.807, 2.05) is 6.92 Å². The Morgan fingerprint density at radius 2 is 1.85 bits per heavy atom. The van der Waals surface area contributed by atoms with E-state index in [0.717, 1.165) is 47.2 Å². The van der Waals surface area contributed by atoms with Crippen LogP contribution in [0.5, 0.6) is 0 Å². The number of aromatic nitrogens is 4. The highest BCUT2D eigenvalue weighted by Crippen LogP contribution is 2.29. The summed E-state index contributed by atoms with van der Waals surface area (Å²) in [5.74, 6) is 0.740. The second-order valence-corrected chi connectivity index (χ2v) is 9.18. The second kappa shape index (κ2) is 10.8. The van der Waals surface area contributed by atoms with Gasteiger partial charge in [-0.25, -0.2) is 10.5 Å². The van der Waals surface area contributed by atoms with Crippen molar-refractivity contribution in [2.75, 3.05) is 12.4 Å². The van der Waals surface area contributed by atoms with Gasteiger partial charge in [-0.15, -0.1) is 10.2 Å². The number of fused-ring (bicyclic) bond motifs is 3. The average Bonchev–Trinajstić information content (AvgIpc) is 3.11. The van der Waals surface area contributed by atoms with E-state index in [4.69, 9.17) is 9.82 Å². The Morgan fingerprint density at radius 3 is 2.64 bits per heavy atom. The minimum atomic E-state index is -0.0860. The maximum absolute atomic E-state index is 11.6. The van der Waals surface area contributed by atoms with Crippen molar-refractivity contribution in [2.24, 2.45) is 0 Å². The van der Waals surface area contributed by atoms with Gasteiger partial charge in [-0.05, 0) is 51.3 Å². The van der Waals surface area contributed by atoms with Crippen molar-refractivity contribution in [2.45, 2.75) is 51.7 Å². The third kappa shape index (κ3) is 5.69. The smallest absolute Gasteiger partial charge is 0.243 e. The molecule has 172 valence electrons. The second-order valence-electron chi connectivity index (χ2n) is 8.12. The predicted molar refractivity (Wildman–Crippen MR) is 132 cm³/mol. The normalized spacial score (nSPS) is 11.4. The molecule has 33 heavy (non-hydrogen) atoms. The Hall–Kier alpha value is -2.97. The molecule has 1 N–H and O–H groups in total. The molecule has 8 heteroatoms. The van der Waals surface area contributed by atoms with Gasteiger partial charge >= 0.3 is 0 Å². The number of thioether (sulfide) groups is 1. The van der Waals surface area contributed by atoms with Crippen molar-refractivity contribution in [3.05, 3.63) is 59.2 Å². The van der Waals surface area contributed by atoms with E-state index >= 15 is 0 Å². The van der Waals surface area contributed by atoms with Crippen LogP contribution in [0.25, 0.3) is 22.1 Å². The average molecular weight is 464 g/mol. The number of nitrogens with one attached hydrogen (secondary N) is 1. The Kier molecular flexibility index (Phi) is 7.57. The van der Waals surface area contributed by atoms with Crippen LogP contribution in [0.15, 0.2) is 47.6 Å². The van der Waals surface area contributed by atoms with Gasteiger partial charge in [0, 0.05) is 24.1 Å². The molecule has 2 aromatic heterocycles. The van der Waals surface area contributed by atoms with Crippen molar-refractivity contribution in [3.8, 4) is 0 Å². The van der Waals surface area contributed by atoms with Crippen molar-refractivity contribution < 1.29 is 9.63 Å². The highest BCUT2D eigenvalue weighted by molar-refractivity contribution is 7.99. The molecule has 4 aromatic rings. The molecule has 0 radical (unpaired) electrons. The third-order valence-electron chi connectivity index (χ3n) is 5.42. The van der Waals surface area contributed by atoms with Gasteiger partial charge in [0.2, 0.25) is 11.1 Å². The molecule has 2 heterocycles. The van der Waals surface area contributed by atoms with Crippen molar-refractivity contribution in [1.82, 2.24) is 25.2 Å². The number of hydrogen-bond donors (Lipinski definition) is 1. The SMILES string of the molecule is CCONC(=O)CCCCSc1nnc2c3cc(C)ccc3n(Cc3ccc(C)cc3)c2n1. The fourth-order valence-electron chi connectivity index (χ4n) is 3.71. The molecule has 7 nitrogen and oxygen atoms in total. The molecule has 0 fully saturated rings. The number of unbranched alkanes of at least 4 members (excludes halogenated alkanes) is 1. The lowest BCUT2D eigenvalue weighted by molar-refractivity contribution is -0.133. The van der Waals surface area contributed by atoms with E-state index in [1.54, 1.807) is 11.8 Å². The van der Waals surface area contributed by atoms with E-state index in [-0.39, 0.29) is 5.91 Å². The Morgan fingerprint density at radius 1 is 1.06 bits per heavy atom. The highest BCUT2D eigenvalue weighted by atomic mass is 32.2. The maximum atomic E-state index is 11.6. The van der Waals surface area contributed by atoms with Crippen molar-refractivity contribution in [1.29, 1.82) is 0 Å². The molecule has 0 saturated heterocycles. The van der Waals surface area contributed by atoms with Gasteiger partial charge in [-0.1, -0.05) is 53.2 Å². The number of carbonyl (C=O) groups excluding carboxylic acids is 1. The summed E-state index contributed by atoms with van der Waals surface area (Å²) in [5.41, 5.74) is 8.87. The molecule has 2 aromatic carbocycles. The number of nitrogens with zero attached hydrogens (tertiary/aromatic N) is 4. The molecule has 0 spiro atoms. The summed E-state index contributed by atoms with van der Waals surface area (Å²) in [4.78, 5) is 21.4. The quantitative estimate of drug-likeness (QED) is 0.203. The number of rotatable bonds is 10. The molecule has 0 unspecified atom stereocenters. The van der Waals surface area contributed by atoms with Crippen LogP contribution in [0.2, 0.25) is 0 Å². The number of benzene rings is 2. The number of hydroxylamine groups is 1. The first-order valence-electron chi connectivity index (χ1n) is 11.3. The fourth-order valence-corrected chi connectivity index (χ4v) is 4.49. The molecule has 0 aliphatic carbocycles. The molecule has 0 aliphatic rings. The van der Waals surface area contributed by atoms with Crippen LogP contribution in [0.3, 0.4) is 0 Å². The fraction of sp³-hybridized carbons (Fsp3) is 0.360. The van der Waals surface area contributed by atoms with Gasteiger partial charge in [0.05, 0.1) is 12.1 Å². The zero-order valence-electron chi connectivity index (χ0n) is 19.3. The largest absolute Gasteiger partial charge is 0.319 e. The lowest BCUT2D eigenvalue weighted by Gasteiger charge is -2.08. The van der Waals surface area contributed by atoms with Crippen molar-refractivity contribution >= 4 is 39.7 Å². The molecule has 0 saturated carbocycles. The third-order valence-corrected chi connectivity index (χ3v) is 6.35. The number of hydrogen-bond acceptors (Lipinski definition) is 6. The van der Waals surface area contributed by atoms with Gasteiger partial charge in [0.15, 0.2) is 5.65 Å².